The third-order valence-electron chi connectivity index (χ3n) is 3.83. The second-order valence-corrected chi connectivity index (χ2v) is 6.36. The Morgan fingerprint density at radius 2 is 2.16 bits per heavy atom. The molecule has 0 amide bonds. The van der Waals surface area contributed by atoms with Crippen LogP contribution in [0.2, 0.25) is 0 Å². The molecule has 19 heavy (non-hydrogen) atoms. The lowest BCUT2D eigenvalue weighted by Gasteiger charge is -2.26. The van der Waals surface area contributed by atoms with E-state index in [1.165, 1.54) is 36.3 Å². The summed E-state index contributed by atoms with van der Waals surface area (Å²) in [5.74, 6) is 4.52. The third-order valence-corrected chi connectivity index (χ3v) is 4.88. The maximum atomic E-state index is 5.60. The number of ether oxygens (including phenoxy) is 1. The predicted molar refractivity (Wildman–Crippen MR) is 84.1 cm³/mol. The summed E-state index contributed by atoms with van der Waals surface area (Å²) in [6.07, 6.45) is 3.98. The summed E-state index contributed by atoms with van der Waals surface area (Å²) in [6, 6.07) is 8.98. The second kappa shape index (κ2) is 7.81. The molecule has 1 unspecified atom stereocenters. The average molecular weight is 279 g/mol. The molecule has 0 radical (unpaired) electrons. The van der Waals surface area contributed by atoms with Crippen molar-refractivity contribution in [2.75, 3.05) is 25.2 Å². The van der Waals surface area contributed by atoms with Gasteiger partial charge in [0.1, 0.15) is 5.75 Å². The molecule has 1 fully saturated rings. The molecule has 0 aromatic heterocycles. The highest BCUT2D eigenvalue weighted by Crippen LogP contribution is 2.31. The summed E-state index contributed by atoms with van der Waals surface area (Å²) in [6.45, 7) is 2.76. The highest BCUT2D eigenvalue weighted by molar-refractivity contribution is 7.99. The molecule has 106 valence electrons. The summed E-state index contributed by atoms with van der Waals surface area (Å²) < 4.78 is 5.60. The maximum absolute atomic E-state index is 5.60. The van der Waals surface area contributed by atoms with Gasteiger partial charge in [0.2, 0.25) is 0 Å². The van der Waals surface area contributed by atoms with Crippen molar-refractivity contribution in [3.63, 3.8) is 0 Å². The van der Waals surface area contributed by atoms with Gasteiger partial charge in [0, 0.05) is 6.04 Å². The van der Waals surface area contributed by atoms with Gasteiger partial charge in [-0.15, -0.1) is 0 Å². The normalized spacial score (nSPS) is 18.2. The van der Waals surface area contributed by atoms with Gasteiger partial charge >= 0.3 is 0 Å². The first-order valence-electron chi connectivity index (χ1n) is 7.31. The minimum Gasteiger partial charge on any atom is -0.494 e. The largest absolute Gasteiger partial charge is 0.494 e. The van der Waals surface area contributed by atoms with Crippen LogP contribution in [0, 0.1) is 5.92 Å². The zero-order valence-electron chi connectivity index (χ0n) is 12.0. The molecular weight excluding hydrogens is 254 g/mol. The molecule has 0 aliphatic carbocycles. The Labute approximate surface area is 121 Å². The van der Waals surface area contributed by atoms with E-state index in [0.29, 0.717) is 6.04 Å². The van der Waals surface area contributed by atoms with Crippen LogP contribution in [0.15, 0.2) is 24.3 Å². The molecule has 3 heteroatoms. The van der Waals surface area contributed by atoms with E-state index in [9.17, 15) is 0 Å². The van der Waals surface area contributed by atoms with Crippen molar-refractivity contribution in [1.82, 2.24) is 5.32 Å². The van der Waals surface area contributed by atoms with Crippen LogP contribution in [0.5, 0.6) is 5.75 Å². The van der Waals surface area contributed by atoms with Crippen molar-refractivity contribution in [2.24, 2.45) is 5.92 Å². The van der Waals surface area contributed by atoms with E-state index in [-0.39, 0.29) is 0 Å². The molecule has 0 bridgehead atoms. The third kappa shape index (κ3) is 4.43. The van der Waals surface area contributed by atoms with Crippen LogP contribution in [0.3, 0.4) is 0 Å². The fourth-order valence-electron chi connectivity index (χ4n) is 2.72. The average Bonchev–Trinajstić information content (AvgIpc) is 2.46. The van der Waals surface area contributed by atoms with Crippen molar-refractivity contribution in [3.8, 4) is 5.75 Å². The molecule has 0 saturated carbocycles. The molecular formula is C16H25NOS. The van der Waals surface area contributed by atoms with Crippen molar-refractivity contribution < 1.29 is 4.74 Å². The first kappa shape index (κ1) is 14.7. The summed E-state index contributed by atoms with van der Waals surface area (Å²) in [7, 11) is 2.07. The van der Waals surface area contributed by atoms with E-state index in [2.05, 4.69) is 42.3 Å². The van der Waals surface area contributed by atoms with Gasteiger partial charge < -0.3 is 10.1 Å². The highest BCUT2D eigenvalue weighted by Gasteiger charge is 2.19. The fraction of sp³-hybridized carbons (Fsp3) is 0.625. The van der Waals surface area contributed by atoms with Gasteiger partial charge in [-0.25, -0.2) is 0 Å². The Hall–Kier alpha value is -0.670. The van der Waals surface area contributed by atoms with Gasteiger partial charge in [0.15, 0.2) is 0 Å². The Bertz CT molecular complexity index is 377. The maximum Gasteiger partial charge on any atom is 0.119 e. The van der Waals surface area contributed by atoms with Crippen molar-refractivity contribution >= 4 is 11.8 Å². The molecule has 1 aromatic carbocycles. The van der Waals surface area contributed by atoms with E-state index in [1.807, 2.05) is 13.0 Å². The molecule has 2 nitrogen and oxygen atoms in total. The fourth-order valence-corrected chi connectivity index (χ4v) is 3.93. The number of hydrogen-bond acceptors (Lipinski definition) is 3. The molecule has 1 N–H and O–H groups in total. The van der Waals surface area contributed by atoms with Crippen LogP contribution in [-0.2, 0) is 0 Å². The number of nitrogens with one attached hydrogen (secondary N) is 1. The summed E-state index contributed by atoms with van der Waals surface area (Å²) in [5.41, 5.74) is 1.35. The predicted octanol–water partition coefficient (Wildman–Crippen LogP) is 3.88. The number of thioether (sulfide) groups is 1. The summed E-state index contributed by atoms with van der Waals surface area (Å²) in [4.78, 5) is 0. The van der Waals surface area contributed by atoms with Crippen LogP contribution in [0.25, 0.3) is 0 Å². The number of benzene rings is 1. The second-order valence-electron chi connectivity index (χ2n) is 5.14. The highest BCUT2D eigenvalue weighted by atomic mass is 32.2. The van der Waals surface area contributed by atoms with Gasteiger partial charge in [-0.2, -0.15) is 11.8 Å². The summed E-state index contributed by atoms with van der Waals surface area (Å²) in [5, 5.41) is 3.47. The van der Waals surface area contributed by atoms with E-state index < -0.39 is 0 Å². The molecule has 1 heterocycles. The Kier molecular flexibility index (Phi) is 6.05. The lowest BCUT2D eigenvalue weighted by Crippen LogP contribution is -2.22. The standard InChI is InChI=1S/C16H25NOS/c1-3-18-15-6-4-5-14(12-15)16(17-2)11-13-7-9-19-10-8-13/h4-6,12-13,16-17H,3,7-11H2,1-2H3. The minimum atomic E-state index is 0.452. The van der Waals surface area contributed by atoms with Gasteiger partial charge in [-0.3, -0.25) is 0 Å². The van der Waals surface area contributed by atoms with E-state index in [1.54, 1.807) is 0 Å². The molecule has 1 aliphatic rings. The topological polar surface area (TPSA) is 21.3 Å². The SMILES string of the molecule is CCOc1cccc(C(CC2CCSCC2)NC)c1. The van der Waals surface area contributed by atoms with Crippen LogP contribution in [0.4, 0.5) is 0 Å². The Balaban J connectivity index is 2.01. The smallest absolute Gasteiger partial charge is 0.119 e. The Morgan fingerprint density at radius 1 is 1.37 bits per heavy atom. The molecule has 1 aromatic rings. The Morgan fingerprint density at radius 3 is 2.84 bits per heavy atom. The number of hydrogen-bond donors (Lipinski definition) is 1. The lowest BCUT2D eigenvalue weighted by atomic mass is 9.91. The van der Waals surface area contributed by atoms with Gasteiger partial charge in [-0.1, -0.05) is 12.1 Å². The lowest BCUT2D eigenvalue weighted by molar-refractivity contribution is 0.338. The summed E-state index contributed by atoms with van der Waals surface area (Å²) >= 11 is 2.10. The van der Waals surface area contributed by atoms with E-state index >= 15 is 0 Å². The van der Waals surface area contributed by atoms with E-state index in [4.69, 9.17) is 4.74 Å². The van der Waals surface area contributed by atoms with Crippen molar-refractivity contribution in [2.45, 2.75) is 32.2 Å². The molecule has 0 spiro atoms. The molecule has 2 rings (SSSR count). The van der Waals surface area contributed by atoms with Crippen LogP contribution >= 0.6 is 11.8 Å². The van der Waals surface area contributed by atoms with Crippen LogP contribution < -0.4 is 10.1 Å². The first-order valence-corrected chi connectivity index (χ1v) is 8.46. The zero-order chi connectivity index (χ0) is 13.5. The van der Waals surface area contributed by atoms with Gasteiger partial charge in [0.25, 0.3) is 0 Å². The van der Waals surface area contributed by atoms with Gasteiger partial charge in [0.05, 0.1) is 6.61 Å². The number of rotatable bonds is 6. The first-order chi connectivity index (χ1) is 9.33. The molecule has 1 atom stereocenters. The van der Waals surface area contributed by atoms with E-state index in [0.717, 1.165) is 18.3 Å². The molecule has 1 saturated heterocycles. The minimum absolute atomic E-state index is 0.452. The monoisotopic (exact) mass is 279 g/mol. The molecule has 1 aliphatic heterocycles. The van der Waals surface area contributed by atoms with Crippen LogP contribution in [-0.4, -0.2) is 25.2 Å². The van der Waals surface area contributed by atoms with Crippen LogP contribution in [0.1, 0.15) is 37.8 Å². The van der Waals surface area contributed by atoms with Gasteiger partial charge in [-0.05, 0) is 68.4 Å². The van der Waals surface area contributed by atoms with Crippen molar-refractivity contribution in [3.05, 3.63) is 29.8 Å². The van der Waals surface area contributed by atoms with Crippen molar-refractivity contribution in [1.29, 1.82) is 0 Å². The zero-order valence-corrected chi connectivity index (χ0v) is 12.8. The quantitative estimate of drug-likeness (QED) is 0.854.